The van der Waals surface area contributed by atoms with Crippen LogP contribution in [0.1, 0.15) is 28.1 Å². The Kier molecular flexibility index (Phi) is 6.81. The third-order valence-electron chi connectivity index (χ3n) is 5.58. The van der Waals surface area contributed by atoms with Gasteiger partial charge in [0.1, 0.15) is 11.5 Å². The molecule has 0 aliphatic rings. The summed E-state index contributed by atoms with van der Waals surface area (Å²) < 4.78 is 18.2. The van der Waals surface area contributed by atoms with Crippen LogP contribution < -0.4 is 4.74 Å². The number of thiophene rings is 1. The summed E-state index contributed by atoms with van der Waals surface area (Å²) in [6, 6.07) is 12.1. The number of fused-ring (bicyclic) bond motifs is 1. The Balaban J connectivity index is 1.47. The molecule has 2 heterocycles. The lowest BCUT2D eigenvalue weighted by Crippen LogP contribution is -2.24. The zero-order valence-corrected chi connectivity index (χ0v) is 20.0. The number of hydrogen-bond donors (Lipinski definition) is 1. The molecule has 0 aliphatic carbocycles. The number of aliphatic carboxylic acids is 1. The lowest BCUT2D eigenvalue weighted by Gasteiger charge is -2.13. The van der Waals surface area contributed by atoms with Crippen LogP contribution in [0.25, 0.3) is 21.5 Å². The molecule has 0 spiro atoms. The van der Waals surface area contributed by atoms with Crippen molar-refractivity contribution in [2.24, 2.45) is 0 Å². The van der Waals surface area contributed by atoms with Gasteiger partial charge in [0.15, 0.2) is 6.10 Å². The van der Waals surface area contributed by atoms with Gasteiger partial charge in [0.25, 0.3) is 0 Å². The zero-order chi connectivity index (χ0) is 23.5. The van der Waals surface area contributed by atoms with Gasteiger partial charge in [-0.05, 0) is 56.0 Å². The number of carboxylic acid groups (broad SMARTS) is 1. The first-order valence-corrected chi connectivity index (χ1v) is 11.7. The molecule has 0 radical (unpaired) electrons. The van der Waals surface area contributed by atoms with Gasteiger partial charge in [-0.15, -0.1) is 11.3 Å². The monoisotopic (exact) mass is 465 g/mol. The normalized spacial score (nSPS) is 12.2. The smallest absolute Gasteiger partial charge is 0.333 e. The van der Waals surface area contributed by atoms with E-state index in [0.29, 0.717) is 25.3 Å². The number of aryl methyl sites for hydroxylation is 3. The van der Waals surface area contributed by atoms with Crippen molar-refractivity contribution in [2.75, 3.05) is 13.7 Å². The van der Waals surface area contributed by atoms with Crippen LogP contribution in [0.4, 0.5) is 0 Å². The van der Waals surface area contributed by atoms with Gasteiger partial charge >= 0.3 is 5.97 Å². The highest BCUT2D eigenvalue weighted by molar-refractivity contribution is 7.17. The molecular formula is C26H27NO5S. The number of benzene rings is 2. The van der Waals surface area contributed by atoms with Crippen LogP contribution in [0.5, 0.6) is 5.75 Å². The second kappa shape index (κ2) is 9.77. The predicted molar refractivity (Wildman–Crippen MR) is 129 cm³/mol. The SMILES string of the molecule is COC(Cc1ccc(OCCc2nc(-c3cc(C)cc(C)c3)oc2C)c2ccsc12)C(=O)O. The van der Waals surface area contributed by atoms with Crippen LogP contribution in [0.15, 0.2) is 46.2 Å². The van der Waals surface area contributed by atoms with Crippen molar-refractivity contribution in [1.29, 1.82) is 0 Å². The van der Waals surface area contributed by atoms with Crippen LogP contribution in [-0.4, -0.2) is 35.9 Å². The number of ether oxygens (including phenoxy) is 2. The first-order valence-electron chi connectivity index (χ1n) is 10.8. The van der Waals surface area contributed by atoms with Crippen molar-refractivity contribution in [2.45, 2.75) is 39.7 Å². The van der Waals surface area contributed by atoms with E-state index in [1.807, 2.05) is 30.5 Å². The third kappa shape index (κ3) is 5.10. The molecule has 1 atom stereocenters. The summed E-state index contributed by atoms with van der Waals surface area (Å²) in [5, 5.41) is 12.3. The molecule has 2 aromatic carbocycles. The molecule has 0 aliphatic heterocycles. The van der Waals surface area contributed by atoms with Crippen molar-refractivity contribution in [3.05, 3.63) is 69.9 Å². The molecule has 0 saturated carbocycles. The summed E-state index contributed by atoms with van der Waals surface area (Å²) in [4.78, 5) is 16.0. The molecule has 1 N–H and O–H groups in total. The van der Waals surface area contributed by atoms with Gasteiger partial charge in [-0.3, -0.25) is 0 Å². The lowest BCUT2D eigenvalue weighted by atomic mass is 10.1. The van der Waals surface area contributed by atoms with Crippen molar-refractivity contribution < 1.29 is 23.8 Å². The van der Waals surface area contributed by atoms with E-state index in [2.05, 4.69) is 32.0 Å². The number of oxazole rings is 1. The van der Waals surface area contributed by atoms with Crippen LogP contribution in [0, 0.1) is 20.8 Å². The van der Waals surface area contributed by atoms with Crippen molar-refractivity contribution in [3.63, 3.8) is 0 Å². The number of carbonyl (C=O) groups is 1. The van der Waals surface area contributed by atoms with E-state index in [1.165, 1.54) is 18.2 Å². The highest BCUT2D eigenvalue weighted by atomic mass is 32.1. The molecule has 172 valence electrons. The Morgan fingerprint density at radius 1 is 1.15 bits per heavy atom. The van der Waals surface area contributed by atoms with Gasteiger partial charge in [0, 0.05) is 35.6 Å². The maximum absolute atomic E-state index is 11.3. The maximum Gasteiger partial charge on any atom is 0.333 e. The summed E-state index contributed by atoms with van der Waals surface area (Å²) >= 11 is 1.57. The van der Waals surface area contributed by atoms with Crippen LogP contribution in [0.3, 0.4) is 0 Å². The first-order chi connectivity index (χ1) is 15.9. The molecule has 2 aromatic heterocycles. The Morgan fingerprint density at radius 2 is 1.91 bits per heavy atom. The zero-order valence-electron chi connectivity index (χ0n) is 19.2. The third-order valence-corrected chi connectivity index (χ3v) is 6.57. The van der Waals surface area contributed by atoms with E-state index in [1.54, 1.807) is 11.3 Å². The highest BCUT2D eigenvalue weighted by Crippen LogP contribution is 2.34. The van der Waals surface area contributed by atoms with Crippen molar-refractivity contribution in [1.82, 2.24) is 4.98 Å². The van der Waals surface area contributed by atoms with Crippen molar-refractivity contribution >= 4 is 27.4 Å². The molecule has 4 rings (SSSR count). The lowest BCUT2D eigenvalue weighted by molar-refractivity contribution is -0.148. The van der Waals surface area contributed by atoms with E-state index >= 15 is 0 Å². The molecule has 0 amide bonds. The summed E-state index contributed by atoms with van der Waals surface area (Å²) in [6.45, 7) is 6.51. The first kappa shape index (κ1) is 23.0. The summed E-state index contributed by atoms with van der Waals surface area (Å²) in [7, 11) is 1.42. The average molecular weight is 466 g/mol. The van der Waals surface area contributed by atoms with Gasteiger partial charge in [-0.1, -0.05) is 23.3 Å². The van der Waals surface area contributed by atoms with E-state index in [0.717, 1.165) is 38.4 Å². The molecule has 0 fully saturated rings. The summed E-state index contributed by atoms with van der Waals surface area (Å²) in [5.74, 6) is 1.23. The summed E-state index contributed by atoms with van der Waals surface area (Å²) in [6.07, 6.45) is 0.0596. The number of methoxy groups -OCH3 is 1. The van der Waals surface area contributed by atoms with Crippen molar-refractivity contribution in [3.8, 4) is 17.2 Å². The second-order valence-corrected chi connectivity index (χ2v) is 9.07. The Morgan fingerprint density at radius 3 is 2.61 bits per heavy atom. The Labute approximate surface area is 196 Å². The van der Waals surface area contributed by atoms with Crippen LogP contribution >= 0.6 is 11.3 Å². The van der Waals surface area contributed by atoms with E-state index in [4.69, 9.17) is 18.9 Å². The quantitative estimate of drug-likeness (QED) is 0.339. The molecule has 7 heteroatoms. The Hall–Kier alpha value is -3.16. The minimum Gasteiger partial charge on any atom is -0.493 e. The average Bonchev–Trinajstić information content (AvgIpc) is 3.39. The highest BCUT2D eigenvalue weighted by Gasteiger charge is 2.20. The fraction of sp³-hybridized carbons (Fsp3) is 0.308. The minimum absolute atomic E-state index is 0.308. The molecular weight excluding hydrogens is 438 g/mol. The second-order valence-electron chi connectivity index (χ2n) is 8.15. The van der Waals surface area contributed by atoms with Gasteiger partial charge in [-0.25, -0.2) is 9.78 Å². The summed E-state index contributed by atoms with van der Waals surface area (Å²) in [5.41, 5.74) is 5.15. The molecule has 4 aromatic rings. The van der Waals surface area contributed by atoms with Gasteiger partial charge in [0.05, 0.1) is 12.3 Å². The topological polar surface area (TPSA) is 81.8 Å². The fourth-order valence-electron chi connectivity index (χ4n) is 3.99. The van der Waals surface area contributed by atoms with Crippen LogP contribution in [-0.2, 0) is 22.4 Å². The maximum atomic E-state index is 11.3. The van der Waals surface area contributed by atoms with Crippen LogP contribution in [0.2, 0.25) is 0 Å². The molecule has 0 bridgehead atoms. The number of rotatable bonds is 9. The van der Waals surface area contributed by atoms with Gasteiger partial charge < -0.3 is 19.0 Å². The number of nitrogens with zero attached hydrogens (tertiary/aromatic N) is 1. The number of aromatic nitrogens is 1. The number of hydrogen-bond acceptors (Lipinski definition) is 6. The molecule has 6 nitrogen and oxygen atoms in total. The predicted octanol–water partition coefficient (Wildman–Crippen LogP) is 5.75. The van der Waals surface area contributed by atoms with E-state index in [-0.39, 0.29) is 0 Å². The molecule has 1 unspecified atom stereocenters. The molecule has 0 saturated heterocycles. The van der Waals surface area contributed by atoms with E-state index < -0.39 is 12.1 Å². The van der Waals surface area contributed by atoms with Gasteiger partial charge in [-0.2, -0.15) is 0 Å². The standard InChI is InChI=1S/C26H27NO5S/c1-15-11-16(2)13-19(12-15)25-27-21(17(3)32-25)7-9-31-22-6-5-18(14-23(30-4)26(28)29)24-20(22)8-10-33-24/h5-6,8,10-13,23H,7,9,14H2,1-4H3,(H,28,29). The largest absolute Gasteiger partial charge is 0.493 e. The Bertz CT molecular complexity index is 1270. The minimum atomic E-state index is -0.967. The molecule has 33 heavy (non-hydrogen) atoms. The number of carboxylic acids is 1. The van der Waals surface area contributed by atoms with Gasteiger partial charge in [0.2, 0.25) is 5.89 Å². The van der Waals surface area contributed by atoms with E-state index in [9.17, 15) is 9.90 Å². The fourth-order valence-corrected chi connectivity index (χ4v) is 4.93.